The Hall–Kier alpha value is -2.43. The minimum Gasteiger partial charge on any atom is -0.307 e. The number of sulfonamides is 1. The van der Waals surface area contributed by atoms with E-state index in [2.05, 4.69) is 10.4 Å². The fraction of sp³-hybridized carbons (Fsp3) is 0.158. The van der Waals surface area contributed by atoms with Crippen LogP contribution in [0, 0.1) is 0 Å². The van der Waals surface area contributed by atoms with E-state index in [0.717, 1.165) is 10.0 Å². The van der Waals surface area contributed by atoms with Crippen molar-refractivity contribution >= 4 is 45.0 Å². The van der Waals surface area contributed by atoms with Crippen molar-refractivity contribution in [2.45, 2.75) is 11.4 Å². The average molecular weight is 469 g/mol. The molecule has 30 heavy (non-hydrogen) atoms. The van der Waals surface area contributed by atoms with Crippen molar-refractivity contribution in [1.29, 1.82) is 0 Å². The normalized spacial score (nSPS) is 11.6. The molecule has 0 atom stereocenters. The molecule has 3 rings (SSSR count). The highest BCUT2D eigenvalue weighted by atomic mass is 35.5. The molecule has 0 aliphatic carbocycles. The van der Waals surface area contributed by atoms with Crippen LogP contribution in [0.3, 0.4) is 0 Å². The molecular formula is C19H18Cl2N4O4S. The standard InChI is InChI=1S/C19H18Cl2N4O4S/c1-24(29-2)30(27,28)16-5-3-4-13(10-16)19(26)23-18-8-9-22-25(18)12-14-6-7-15(20)11-17(14)21/h3-11H,12H2,1-2H3,(H,23,26). The van der Waals surface area contributed by atoms with Gasteiger partial charge in [0.2, 0.25) is 0 Å². The molecule has 0 fully saturated rings. The van der Waals surface area contributed by atoms with Crippen LogP contribution in [-0.2, 0) is 21.4 Å². The molecule has 0 bridgehead atoms. The van der Waals surface area contributed by atoms with E-state index in [1.807, 2.05) is 0 Å². The van der Waals surface area contributed by atoms with E-state index in [-0.39, 0.29) is 10.5 Å². The number of carbonyl (C=O) groups is 1. The highest BCUT2D eigenvalue weighted by Gasteiger charge is 2.22. The Morgan fingerprint density at radius 2 is 1.97 bits per heavy atom. The summed E-state index contributed by atoms with van der Waals surface area (Å²) in [5.74, 6) is -0.0654. The number of aromatic nitrogens is 2. The molecule has 3 aromatic rings. The Labute approximate surface area is 184 Å². The predicted octanol–water partition coefficient (Wildman–Crippen LogP) is 3.67. The summed E-state index contributed by atoms with van der Waals surface area (Å²) in [6.45, 7) is 0.311. The lowest BCUT2D eigenvalue weighted by atomic mass is 10.2. The van der Waals surface area contributed by atoms with Crippen LogP contribution in [0.15, 0.2) is 59.6 Å². The first-order chi connectivity index (χ1) is 14.2. The van der Waals surface area contributed by atoms with Gasteiger partial charge < -0.3 is 5.32 Å². The van der Waals surface area contributed by atoms with Crippen LogP contribution in [-0.4, -0.2) is 42.7 Å². The van der Waals surface area contributed by atoms with E-state index in [0.29, 0.717) is 22.4 Å². The van der Waals surface area contributed by atoms with Crippen molar-refractivity contribution in [2.24, 2.45) is 0 Å². The molecule has 0 unspecified atom stereocenters. The zero-order chi connectivity index (χ0) is 21.9. The van der Waals surface area contributed by atoms with Gasteiger partial charge in [-0.25, -0.2) is 13.1 Å². The third kappa shape index (κ3) is 4.82. The summed E-state index contributed by atoms with van der Waals surface area (Å²) < 4.78 is 27.1. The van der Waals surface area contributed by atoms with Crippen LogP contribution in [0.25, 0.3) is 0 Å². The molecule has 1 aromatic heterocycles. The topological polar surface area (TPSA) is 93.5 Å². The Kier molecular flexibility index (Phi) is 6.79. The first kappa shape index (κ1) is 22.3. The number of benzene rings is 2. The van der Waals surface area contributed by atoms with Crippen molar-refractivity contribution in [2.75, 3.05) is 19.5 Å². The summed E-state index contributed by atoms with van der Waals surface area (Å²) in [6.07, 6.45) is 1.54. The van der Waals surface area contributed by atoms with Gasteiger partial charge in [0, 0.05) is 28.7 Å². The molecule has 2 aromatic carbocycles. The van der Waals surface area contributed by atoms with Crippen LogP contribution in [0.5, 0.6) is 0 Å². The van der Waals surface area contributed by atoms with Gasteiger partial charge in [0.05, 0.1) is 24.7 Å². The maximum absolute atomic E-state index is 12.7. The zero-order valence-electron chi connectivity index (χ0n) is 16.0. The van der Waals surface area contributed by atoms with Gasteiger partial charge in [0.25, 0.3) is 15.9 Å². The molecular weight excluding hydrogens is 451 g/mol. The lowest BCUT2D eigenvalue weighted by Gasteiger charge is -2.15. The van der Waals surface area contributed by atoms with Crippen molar-refractivity contribution < 1.29 is 18.0 Å². The minimum atomic E-state index is -3.88. The Morgan fingerprint density at radius 1 is 1.20 bits per heavy atom. The second-order valence-corrected chi connectivity index (χ2v) is 8.97. The van der Waals surface area contributed by atoms with E-state index >= 15 is 0 Å². The average Bonchev–Trinajstić information content (AvgIpc) is 3.16. The van der Waals surface area contributed by atoms with Crippen LogP contribution >= 0.6 is 23.2 Å². The lowest BCUT2D eigenvalue weighted by Crippen LogP contribution is -2.26. The summed E-state index contributed by atoms with van der Waals surface area (Å²) >= 11 is 12.1. The molecule has 1 heterocycles. The molecule has 0 radical (unpaired) electrons. The van der Waals surface area contributed by atoms with Gasteiger partial charge in [-0.15, -0.1) is 0 Å². The fourth-order valence-electron chi connectivity index (χ4n) is 2.61. The van der Waals surface area contributed by atoms with Crippen molar-refractivity contribution in [1.82, 2.24) is 14.2 Å². The SMILES string of the molecule is CON(C)S(=O)(=O)c1cccc(C(=O)Nc2ccnn2Cc2ccc(Cl)cc2Cl)c1. The van der Waals surface area contributed by atoms with Gasteiger partial charge in [0.1, 0.15) is 5.82 Å². The number of halogens is 2. The number of hydrogen-bond donors (Lipinski definition) is 1. The van der Waals surface area contributed by atoms with E-state index < -0.39 is 15.9 Å². The first-order valence-corrected chi connectivity index (χ1v) is 10.8. The zero-order valence-corrected chi connectivity index (χ0v) is 18.4. The molecule has 0 spiro atoms. The van der Waals surface area contributed by atoms with E-state index in [1.54, 1.807) is 28.9 Å². The maximum Gasteiger partial charge on any atom is 0.264 e. The number of nitrogens with zero attached hydrogens (tertiary/aromatic N) is 3. The van der Waals surface area contributed by atoms with Gasteiger partial charge in [-0.2, -0.15) is 5.10 Å². The van der Waals surface area contributed by atoms with E-state index in [4.69, 9.17) is 28.0 Å². The van der Waals surface area contributed by atoms with Crippen molar-refractivity contribution in [3.8, 4) is 0 Å². The van der Waals surface area contributed by atoms with Crippen LogP contribution < -0.4 is 5.32 Å². The number of rotatable bonds is 7. The second-order valence-electron chi connectivity index (χ2n) is 6.19. The number of amides is 1. The fourth-order valence-corrected chi connectivity index (χ4v) is 4.10. The quantitative estimate of drug-likeness (QED) is 0.533. The number of carbonyl (C=O) groups excluding carboxylic acids is 1. The number of hydroxylamine groups is 1. The maximum atomic E-state index is 12.7. The summed E-state index contributed by atoms with van der Waals surface area (Å²) in [4.78, 5) is 17.4. The minimum absolute atomic E-state index is 0.0686. The molecule has 1 N–H and O–H groups in total. The molecule has 0 saturated heterocycles. The van der Waals surface area contributed by atoms with Crippen LogP contribution in [0.4, 0.5) is 5.82 Å². The Morgan fingerprint density at radius 3 is 2.67 bits per heavy atom. The van der Waals surface area contributed by atoms with Gasteiger partial charge in [-0.05, 0) is 35.9 Å². The van der Waals surface area contributed by atoms with Gasteiger partial charge in [-0.1, -0.05) is 39.8 Å². The molecule has 0 saturated carbocycles. The summed E-state index contributed by atoms with van der Waals surface area (Å²) in [5.41, 5.74) is 0.939. The predicted molar refractivity (Wildman–Crippen MR) is 114 cm³/mol. The van der Waals surface area contributed by atoms with E-state index in [9.17, 15) is 13.2 Å². The van der Waals surface area contributed by atoms with Crippen molar-refractivity contribution in [3.05, 3.63) is 75.9 Å². The molecule has 0 aliphatic rings. The lowest BCUT2D eigenvalue weighted by molar-refractivity contribution is -0.0258. The van der Waals surface area contributed by atoms with E-state index in [1.165, 1.54) is 44.6 Å². The molecule has 0 aliphatic heterocycles. The number of nitrogens with one attached hydrogen (secondary N) is 1. The molecule has 11 heteroatoms. The molecule has 8 nitrogen and oxygen atoms in total. The highest BCUT2D eigenvalue weighted by Crippen LogP contribution is 2.23. The third-order valence-corrected chi connectivity index (χ3v) is 6.55. The summed E-state index contributed by atoms with van der Waals surface area (Å²) in [5, 5.41) is 7.94. The van der Waals surface area contributed by atoms with Gasteiger partial charge >= 0.3 is 0 Å². The second kappa shape index (κ2) is 9.15. The summed E-state index contributed by atoms with van der Waals surface area (Å²) in [7, 11) is -1.37. The monoisotopic (exact) mass is 468 g/mol. The largest absolute Gasteiger partial charge is 0.307 e. The van der Waals surface area contributed by atoms with Gasteiger partial charge in [-0.3, -0.25) is 9.63 Å². The third-order valence-electron chi connectivity index (χ3n) is 4.28. The van der Waals surface area contributed by atoms with Crippen molar-refractivity contribution in [3.63, 3.8) is 0 Å². The van der Waals surface area contributed by atoms with Crippen LogP contribution in [0.2, 0.25) is 10.0 Å². The Balaban J connectivity index is 1.81. The first-order valence-electron chi connectivity index (χ1n) is 8.62. The number of hydrogen-bond acceptors (Lipinski definition) is 5. The summed E-state index contributed by atoms with van der Waals surface area (Å²) in [6, 6.07) is 12.4. The molecule has 1 amide bonds. The molecule has 158 valence electrons. The smallest absolute Gasteiger partial charge is 0.264 e. The van der Waals surface area contributed by atoms with Gasteiger partial charge in [0.15, 0.2) is 0 Å². The Bertz CT molecular complexity index is 1180. The van der Waals surface area contributed by atoms with Crippen LogP contribution in [0.1, 0.15) is 15.9 Å². The highest BCUT2D eigenvalue weighted by molar-refractivity contribution is 7.89. The number of anilines is 1.